The lowest BCUT2D eigenvalue weighted by Crippen LogP contribution is -2.49. The molecule has 2 rings (SSSR count). The van der Waals surface area contributed by atoms with Crippen LogP contribution in [0.25, 0.3) is 0 Å². The number of nitrogens with two attached hydrogens (primary N) is 1. The second-order valence-electron chi connectivity index (χ2n) is 6.48. The van der Waals surface area contributed by atoms with Gasteiger partial charge in [0.15, 0.2) is 9.84 Å². The van der Waals surface area contributed by atoms with E-state index in [2.05, 4.69) is 5.32 Å². The lowest BCUT2D eigenvalue weighted by atomic mass is 9.94. The molecule has 26 heavy (non-hydrogen) atoms. The molecule has 0 saturated carbocycles. The van der Waals surface area contributed by atoms with Crippen molar-refractivity contribution < 1.29 is 13.2 Å². The van der Waals surface area contributed by atoms with Crippen molar-refractivity contribution in [3.63, 3.8) is 0 Å². The normalized spacial score (nSPS) is 12.0. The lowest BCUT2D eigenvalue weighted by molar-refractivity contribution is 0.0941. The average molecular weight is 375 g/mol. The molecule has 0 unspecified atom stereocenters. The van der Waals surface area contributed by atoms with Gasteiger partial charge in [-0.3, -0.25) is 4.79 Å². The zero-order valence-electron chi connectivity index (χ0n) is 15.2. The summed E-state index contributed by atoms with van der Waals surface area (Å²) in [4.78, 5) is 12.8. The molecule has 0 bridgehead atoms. The maximum Gasteiger partial charge on any atom is 0.251 e. The molecule has 0 radical (unpaired) electrons. The molecule has 0 aliphatic heterocycles. The second kappa shape index (κ2) is 8.47. The van der Waals surface area contributed by atoms with Crippen molar-refractivity contribution in [2.45, 2.75) is 42.9 Å². The minimum Gasteiger partial charge on any atom is -0.350 e. The Balaban J connectivity index is 2.21. The fourth-order valence-corrected chi connectivity index (χ4v) is 4.03. The van der Waals surface area contributed by atoms with Gasteiger partial charge in [0.2, 0.25) is 0 Å². The zero-order chi connectivity index (χ0) is 19.2. The van der Waals surface area contributed by atoms with Crippen molar-refractivity contribution in [2.24, 2.45) is 5.73 Å². The van der Waals surface area contributed by atoms with Crippen LogP contribution in [0.4, 0.5) is 0 Å². The largest absolute Gasteiger partial charge is 0.350 e. The van der Waals surface area contributed by atoms with Crippen molar-refractivity contribution in [2.75, 3.05) is 6.54 Å². The summed E-state index contributed by atoms with van der Waals surface area (Å²) in [6, 6.07) is 15.0. The molecule has 0 spiro atoms. The number of nitrogens with one attached hydrogen (secondary N) is 1. The summed E-state index contributed by atoms with van der Waals surface area (Å²) in [5, 5.41) is 2.85. The Hall–Kier alpha value is -2.18. The van der Waals surface area contributed by atoms with Gasteiger partial charge in [0.25, 0.3) is 5.91 Å². The summed E-state index contributed by atoms with van der Waals surface area (Å²) in [5.41, 5.74) is 6.61. The van der Waals surface area contributed by atoms with E-state index in [9.17, 15) is 13.2 Å². The highest BCUT2D eigenvalue weighted by Gasteiger charge is 2.23. The third-order valence-electron chi connectivity index (χ3n) is 4.72. The number of carbonyl (C=O) groups is 1. The Labute approximate surface area is 155 Å². The molecule has 0 saturated heterocycles. The quantitative estimate of drug-likeness (QED) is 0.743. The van der Waals surface area contributed by atoms with Crippen molar-refractivity contribution in [3.05, 3.63) is 65.7 Å². The molecule has 140 valence electrons. The van der Waals surface area contributed by atoms with E-state index in [1.165, 1.54) is 0 Å². The van der Waals surface area contributed by atoms with E-state index in [0.29, 0.717) is 17.7 Å². The minimum absolute atomic E-state index is 0.226. The Morgan fingerprint density at radius 3 is 2.19 bits per heavy atom. The topological polar surface area (TPSA) is 89.3 Å². The van der Waals surface area contributed by atoms with Gasteiger partial charge in [-0.05, 0) is 36.6 Å². The summed E-state index contributed by atoms with van der Waals surface area (Å²) in [5.74, 6) is -0.531. The predicted molar refractivity (Wildman–Crippen MR) is 104 cm³/mol. The van der Waals surface area contributed by atoms with Gasteiger partial charge in [0, 0.05) is 17.6 Å². The Morgan fingerprint density at radius 2 is 1.58 bits per heavy atom. The third kappa shape index (κ3) is 4.93. The van der Waals surface area contributed by atoms with Crippen molar-refractivity contribution >= 4 is 15.7 Å². The van der Waals surface area contributed by atoms with Crippen molar-refractivity contribution in [1.82, 2.24) is 5.32 Å². The second-order valence-corrected chi connectivity index (χ2v) is 8.47. The van der Waals surface area contributed by atoms with Gasteiger partial charge < -0.3 is 11.1 Å². The molecular weight excluding hydrogens is 348 g/mol. The first-order chi connectivity index (χ1) is 12.3. The highest BCUT2D eigenvalue weighted by atomic mass is 32.2. The van der Waals surface area contributed by atoms with Gasteiger partial charge in [0.1, 0.15) is 0 Å². The fraction of sp³-hybridized carbons (Fsp3) is 0.350. The maximum absolute atomic E-state index is 12.6. The van der Waals surface area contributed by atoms with Crippen LogP contribution in [0, 0.1) is 0 Å². The first-order valence-corrected chi connectivity index (χ1v) is 10.4. The number of amides is 1. The van der Waals surface area contributed by atoms with E-state index in [-0.39, 0.29) is 16.6 Å². The van der Waals surface area contributed by atoms with Crippen LogP contribution in [0.2, 0.25) is 0 Å². The third-order valence-corrected chi connectivity index (χ3v) is 6.40. The van der Waals surface area contributed by atoms with E-state index < -0.39 is 15.4 Å². The van der Waals surface area contributed by atoms with Crippen LogP contribution in [0.5, 0.6) is 0 Å². The van der Waals surface area contributed by atoms with Gasteiger partial charge >= 0.3 is 0 Å². The van der Waals surface area contributed by atoms with Crippen molar-refractivity contribution in [3.8, 4) is 0 Å². The number of sulfone groups is 1. The standard InChI is InChI=1S/C20H26N2O3S/c1-3-20(21,4-2)15-22-19(23)18-13-9-8-10-16(18)14-26(24,25)17-11-6-5-7-12-17/h5-13H,3-4,14-15,21H2,1-2H3,(H,22,23). The van der Waals surface area contributed by atoms with E-state index in [0.717, 1.165) is 12.8 Å². The lowest BCUT2D eigenvalue weighted by Gasteiger charge is -2.27. The van der Waals surface area contributed by atoms with Gasteiger partial charge in [-0.15, -0.1) is 0 Å². The summed E-state index contributed by atoms with van der Waals surface area (Å²) >= 11 is 0. The Kier molecular flexibility index (Phi) is 6.56. The molecule has 0 aromatic heterocycles. The monoisotopic (exact) mass is 374 g/mol. The molecule has 0 aliphatic rings. The molecule has 0 heterocycles. The van der Waals surface area contributed by atoms with E-state index in [4.69, 9.17) is 5.73 Å². The minimum atomic E-state index is -3.53. The molecule has 0 atom stereocenters. The van der Waals surface area contributed by atoms with Crippen LogP contribution in [0.1, 0.15) is 42.6 Å². The van der Waals surface area contributed by atoms with Crippen LogP contribution in [-0.4, -0.2) is 26.4 Å². The Morgan fingerprint density at radius 1 is 1.00 bits per heavy atom. The van der Waals surface area contributed by atoms with Crippen LogP contribution in [0.15, 0.2) is 59.5 Å². The van der Waals surface area contributed by atoms with Gasteiger partial charge in [0.05, 0.1) is 10.6 Å². The Bertz CT molecular complexity index is 844. The number of rotatable bonds is 8. The molecule has 1 amide bonds. The van der Waals surface area contributed by atoms with Gasteiger partial charge in [-0.25, -0.2) is 8.42 Å². The molecule has 0 aliphatic carbocycles. The van der Waals surface area contributed by atoms with E-state index in [1.807, 2.05) is 13.8 Å². The molecular formula is C20H26N2O3S. The number of benzene rings is 2. The highest BCUT2D eigenvalue weighted by molar-refractivity contribution is 7.90. The molecule has 6 heteroatoms. The molecule has 0 fully saturated rings. The fourth-order valence-electron chi connectivity index (χ4n) is 2.64. The first kappa shape index (κ1) is 20.1. The van der Waals surface area contributed by atoms with E-state index >= 15 is 0 Å². The molecule has 3 N–H and O–H groups in total. The van der Waals surface area contributed by atoms with Gasteiger partial charge in [-0.1, -0.05) is 50.2 Å². The van der Waals surface area contributed by atoms with Crippen molar-refractivity contribution in [1.29, 1.82) is 0 Å². The van der Waals surface area contributed by atoms with Crippen LogP contribution < -0.4 is 11.1 Å². The number of hydrogen-bond donors (Lipinski definition) is 2. The predicted octanol–water partition coefficient (Wildman–Crippen LogP) is 2.91. The van der Waals surface area contributed by atoms with Crippen LogP contribution in [-0.2, 0) is 15.6 Å². The molecule has 2 aromatic rings. The smallest absolute Gasteiger partial charge is 0.251 e. The summed E-state index contributed by atoms with van der Waals surface area (Å²) in [7, 11) is -3.53. The van der Waals surface area contributed by atoms with Crippen LogP contribution >= 0.6 is 0 Å². The first-order valence-electron chi connectivity index (χ1n) is 8.74. The number of hydrogen-bond acceptors (Lipinski definition) is 4. The van der Waals surface area contributed by atoms with Crippen LogP contribution in [0.3, 0.4) is 0 Å². The van der Waals surface area contributed by atoms with E-state index in [1.54, 1.807) is 54.6 Å². The number of carbonyl (C=O) groups excluding carboxylic acids is 1. The SMILES string of the molecule is CCC(N)(CC)CNC(=O)c1ccccc1CS(=O)(=O)c1ccccc1. The molecule has 2 aromatic carbocycles. The summed E-state index contributed by atoms with van der Waals surface area (Å²) in [6.45, 7) is 4.31. The summed E-state index contributed by atoms with van der Waals surface area (Å²) in [6.07, 6.45) is 1.49. The zero-order valence-corrected chi connectivity index (χ0v) is 16.1. The highest BCUT2D eigenvalue weighted by Crippen LogP contribution is 2.19. The summed E-state index contributed by atoms with van der Waals surface area (Å²) < 4.78 is 25.3. The maximum atomic E-state index is 12.6. The molecule has 5 nitrogen and oxygen atoms in total. The van der Waals surface area contributed by atoms with Gasteiger partial charge in [-0.2, -0.15) is 0 Å². The average Bonchev–Trinajstić information content (AvgIpc) is 2.66.